The van der Waals surface area contributed by atoms with Crippen molar-refractivity contribution in [1.82, 2.24) is 10.6 Å². The van der Waals surface area contributed by atoms with Gasteiger partial charge in [-0.15, -0.1) is 0 Å². The van der Waals surface area contributed by atoms with Gasteiger partial charge in [0, 0.05) is 40.9 Å². The van der Waals surface area contributed by atoms with Crippen LogP contribution in [0.5, 0.6) is 11.5 Å². The number of rotatable bonds is 9. The van der Waals surface area contributed by atoms with Crippen molar-refractivity contribution in [2.24, 2.45) is 4.99 Å². The average Bonchev–Trinajstić information content (AvgIpc) is 3.12. The Morgan fingerprint density at radius 3 is 2.63 bits per heavy atom. The second-order valence-corrected chi connectivity index (χ2v) is 9.51. The number of carbonyl (C=O) groups is 3. The van der Waals surface area contributed by atoms with Gasteiger partial charge in [-0.1, -0.05) is 29.6 Å². The van der Waals surface area contributed by atoms with Crippen LogP contribution >= 0.6 is 23.2 Å². The van der Waals surface area contributed by atoms with Gasteiger partial charge in [0.15, 0.2) is 0 Å². The number of benzene rings is 2. The van der Waals surface area contributed by atoms with Gasteiger partial charge in [0.2, 0.25) is 5.91 Å². The number of phenols is 2. The zero-order valence-electron chi connectivity index (χ0n) is 20.9. The Hall–Kier alpha value is -3.50. The normalized spacial score (nSPS) is 14.0. The number of phenolic OH excluding ortho intramolecular Hbond substituents is 2. The molecule has 1 atom stereocenters. The molecule has 0 bridgehead atoms. The maximum atomic E-state index is 12.8. The van der Waals surface area contributed by atoms with E-state index < -0.39 is 30.4 Å². The van der Waals surface area contributed by atoms with E-state index in [4.69, 9.17) is 27.9 Å². The molecule has 2 amide bonds. The summed E-state index contributed by atoms with van der Waals surface area (Å²) in [4.78, 5) is 42.1. The van der Waals surface area contributed by atoms with E-state index in [9.17, 15) is 24.6 Å². The van der Waals surface area contributed by atoms with Crippen molar-refractivity contribution in [2.45, 2.75) is 45.1 Å². The molecule has 2 aromatic rings. The van der Waals surface area contributed by atoms with E-state index in [0.717, 1.165) is 38.1 Å². The molecule has 0 saturated carbocycles. The summed E-state index contributed by atoms with van der Waals surface area (Å²) in [6.07, 6.45) is 3.59. The van der Waals surface area contributed by atoms with Gasteiger partial charge in [-0.25, -0.2) is 0 Å². The smallest absolute Gasteiger partial charge is 0.308 e. The molecule has 0 aliphatic carbocycles. The highest BCUT2D eigenvalue weighted by atomic mass is 35.5. The molecule has 2 aromatic carbocycles. The quantitative estimate of drug-likeness (QED) is 0.284. The highest BCUT2D eigenvalue weighted by Crippen LogP contribution is 2.36. The minimum atomic E-state index is -1.02. The molecule has 1 heterocycles. The number of anilines is 1. The van der Waals surface area contributed by atoms with Crippen molar-refractivity contribution in [1.29, 1.82) is 0 Å². The van der Waals surface area contributed by atoms with Crippen LogP contribution in [0.4, 0.5) is 5.69 Å². The van der Waals surface area contributed by atoms with E-state index in [1.165, 1.54) is 24.3 Å². The fourth-order valence-electron chi connectivity index (χ4n) is 3.94. The molecule has 0 radical (unpaired) electrons. The standard InChI is InChI=1S/C26H30Cl2N4O6/c1-2-38-24(35)13-21(19-10-16(27)11-20(28)25(19)36)32-23(34)14-30-26(37)15-8-17(12-18(33)9-15)31-22-6-4-3-5-7-29-22/h8-12,21,33,36H,2-7,13-14H2,1H3,(H,29,31)(H,30,37)(H,32,34)/t21-/m1/s1. The Bertz CT molecular complexity index is 1220. The predicted molar refractivity (Wildman–Crippen MR) is 145 cm³/mol. The number of halogens is 2. The molecule has 5 N–H and O–H groups in total. The number of nitrogens with one attached hydrogen (secondary N) is 3. The third kappa shape index (κ3) is 8.53. The molecular formula is C26H30Cl2N4O6. The number of ether oxygens (including phenoxy) is 1. The number of aliphatic imine (C=N–C) groups is 1. The van der Waals surface area contributed by atoms with Crippen molar-refractivity contribution in [3.63, 3.8) is 0 Å². The monoisotopic (exact) mass is 564 g/mol. The largest absolute Gasteiger partial charge is 0.508 e. The van der Waals surface area contributed by atoms with Gasteiger partial charge >= 0.3 is 5.97 Å². The molecule has 3 rings (SSSR count). The summed E-state index contributed by atoms with van der Waals surface area (Å²) in [5.41, 5.74) is 0.764. The summed E-state index contributed by atoms with van der Waals surface area (Å²) in [7, 11) is 0. The van der Waals surface area contributed by atoms with Crippen LogP contribution in [0.3, 0.4) is 0 Å². The summed E-state index contributed by atoms with van der Waals surface area (Å²) in [6, 6.07) is 6.00. The molecule has 38 heavy (non-hydrogen) atoms. The van der Waals surface area contributed by atoms with Crippen molar-refractivity contribution in [3.05, 3.63) is 51.5 Å². The first-order chi connectivity index (χ1) is 18.2. The Morgan fingerprint density at radius 2 is 1.87 bits per heavy atom. The fourth-order valence-corrected chi connectivity index (χ4v) is 4.45. The molecule has 12 heteroatoms. The number of nitrogens with zero attached hydrogens (tertiary/aromatic N) is 1. The first-order valence-corrected chi connectivity index (χ1v) is 13.0. The minimum Gasteiger partial charge on any atom is -0.508 e. The van der Waals surface area contributed by atoms with Crippen LogP contribution < -0.4 is 16.0 Å². The van der Waals surface area contributed by atoms with E-state index >= 15 is 0 Å². The Balaban J connectivity index is 1.68. The molecule has 0 aromatic heterocycles. The first kappa shape index (κ1) is 29.1. The summed E-state index contributed by atoms with van der Waals surface area (Å²) in [5.74, 6) is -1.53. The predicted octanol–water partition coefficient (Wildman–Crippen LogP) is 4.33. The van der Waals surface area contributed by atoms with Crippen LogP contribution in [0.2, 0.25) is 10.0 Å². The number of hydrogen-bond acceptors (Lipinski definition) is 8. The highest BCUT2D eigenvalue weighted by Gasteiger charge is 2.24. The van der Waals surface area contributed by atoms with E-state index in [0.29, 0.717) is 5.69 Å². The lowest BCUT2D eigenvalue weighted by molar-refractivity contribution is -0.143. The highest BCUT2D eigenvalue weighted by molar-refractivity contribution is 6.35. The van der Waals surface area contributed by atoms with Gasteiger partial charge in [-0.3, -0.25) is 19.4 Å². The van der Waals surface area contributed by atoms with Crippen molar-refractivity contribution in [2.75, 3.05) is 25.0 Å². The lowest BCUT2D eigenvalue weighted by Gasteiger charge is -2.20. The van der Waals surface area contributed by atoms with Gasteiger partial charge in [0.1, 0.15) is 17.3 Å². The summed E-state index contributed by atoms with van der Waals surface area (Å²) in [6.45, 7) is 2.05. The van der Waals surface area contributed by atoms with E-state index in [-0.39, 0.29) is 45.7 Å². The minimum absolute atomic E-state index is 0.0491. The summed E-state index contributed by atoms with van der Waals surface area (Å²) in [5, 5.41) is 28.9. The topological polar surface area (TPSA) is 149 Å². The van der Waals surface area contributed by atoms with E-state index in [2.05, 4.69) is 20.9 Å². The molecule has 204 valence electrons. The zero-order valence-corrected chi connectivity index (χ0v) is 22.4. The molecule has 0 saturated heterocycles. The number of esters is 1. The average molecular weight is 565 g/mol. The summed E-state index contributed by atoms with van der Waals surface area (Å²) >= 11 is 12.1. The van der Waals surface area contributed by atoms with Gasteiger partial charge < -0.3 is 30.9 Å². The number of amidine groups is 1. The van der Waals surface area contributed by atoms with Crippen molar-refractivity contribution in [3.8, 4) is 11.5 Å². The SMILES string of the molecule is CCOC(=O)C[C@@H](NC(=O)CNC(=O)c1cc(O)cc(NC2=NCCCCC2)c1)c1cc(Cl)cc(Cl)c1O. The van der Waals surface area contributed by atoms with Crippen LogP contribution in [0.1, 0.15) is 61.0 Å². The second kappa shape index (κ2) is 13.9. The third-order valence-corrected chi connectivity index (χ3v) is 6.20. The second-order valence-electron chi connectivity index (χ2n) is 8.67. The molecule has 0 unspecified atom stereocenters. The van der Waals surface area contributed by atoms with Crippen LogP contribution in [0.25, 0.3) is 0 Å². The van der Waals surface area contributed by atoms with E-state index in [1.807, 2.05) is 0 Å². The number of aromatic hydroxyl groups is 2. The van der Waals surface area contributed by atoms with Crippen LogP contribution in [0, 0.1) is 0 Å². The molecular weight excluding hydrogens is 535 g/mol. The maximum Gasteiger partial charge on any atom is 0.308 e. The van der Waals surface area contributed by atoms with Crippen molar-refractivity contribution < 1.29 is 29.3 Å². The van der Waals surface area contributed by atoms with Gasteiger partial charge in [0.05, 0.1) is 30.6 Å². The third-order valence-electron chi connectivity index (χ3n) is 5.70. The molecule has 1 aliphatic rings. The maximum absolute atomic E-state index is 12.8. The van der Waals surface area contributed by atoms with Gasteiger partial charge in [0.25, 0.3) is 5.91 Å². The first-order valence-electron chi connectivity index (χ1n) is 12.2. The van der Waals surface area contributed by atoms with E-state index in [1.54, 1.807) is 13.0 Å². The molecule has 0 fully saturated rings. The summed E-state index contributed by atoms with van der Waals surface area (Å²) < 4.78 is 4.97. The molecule has 1 aliphatic heterocycles. The molecule has 0 spiro atoms. The van der Waals surface area contributed by atoms with Crippen LogP contribution in [0.15, 0.2) is 35.3 Å². The Kier molecular flexibility index (Phi) is 10.6. The molecule has 10 nitrogen and oxygen atoms in total. The lowest BCUT2D eigenvalue weighted by Crippen LogP contribution is -2.39. The Morgan fingerprint density at radius 1 is 1.08 bits per heavy atom. The van der Waals surface area contributed by atoms with Gasteiger partial charge in [-0.2, -0.15) is 0 Å². The number of amides is 2. The fraction of sp³-hybridized carbons (Fsp3) is 0.385. The van der Waals surface area contributed by atoms with Crippen molar-refractivity contribution >= 4 is 52.5 Å². The lowest BCUT2D eigenvalue weighted by atomic mass is 10.0. The van der Waals surface area contributed by atoms with Crippen LogP contribution in [-0.2, 0) is 14.3 Å². The van der Waals surface area contributed by atoms with Gasteiger partial charge in [-0.05, 0) is 44.0 Å². The Labute approximate surface area is 230 Å². The van der Waals surface area contributed by atoms with Crippen LogP contribution in [-0.4, -0.2) is 53.5 Å². The number of hydrogen-bond donors (Lipinski definition) is 5. The number of carbonyl (C=O) groups excluding carboxylic acids is 3. The zero-order chi connectivity index (χ0) is 27.7.